The third-order valence-corrected chi connectivity index (χ3v) is 4.71. The standard InChI is InChI=1S/C16H19F2N5/c17-14(18)16-20-13-4-2-1-3-12(13)15(21-16)19-9-11-10-22-5-7-23(11)8-6-22/h1-4,11,14H,5-10H2,(H,19,20,21). The second-order valence-corrected chi connectivity index (χ2v) is 6.12. The molecule has 1 aromatic carbocycles. The predicted octanol–water partition coefficient (Wildman–Crippen LogP) is 1.98. The summed E-state index contributed by atoms with van der Waals surface area (Å²) in [7, 11) is 0. The van der Waals surface area contributed by atoms with Crippen LogP contribution in [0.25, 0.3) is 10.9 Å². The fourth-order valence-electron chi connectivity index (χ4n) is 3.46. The number of nitrogens with one attached hydrogen (secondary N) is 1. The van der Waals surface area contributed by atoms with Gasteiger partial charge in [-0.05, 0) is 12.1 Å². The minimum Gasteiger partial charge on any atom is -0.368 e. The van der Waals surface area contributed by atoms with Crippen LogP contribution < -0.4 is 5.32 Å². The van der Waals surface area contributed by atoms with Gasteiger partial charge >= 0.3 is 0 Å². The van der Waals surface area contributed by atoms with Crippen LogP contribution in [-0.2, 0) is 0 Å². The summed E-state index contributed by atoms with van der Waals surface area (Å²) in [5.41, 5.74) is 0.550. The molecule has 23 heavy (non-hydrogen) atoms. The first-order valence-electron chi connectivity index (χ1n) is 7.96. The van der Waals surface area contributed by atoms with Crippen LogP contribution in [0.4, 0.5) is 14.6 Å². The van der Waals surface area contributed by atoms with E-state index in [4.69, 9.17) is 0 Å². The molecule has 3 saturated heterocycles. The number of halogens is 2. The third-order valence-electron chi connectivity index (χ3n) is 4.71. The van der Waals surface area contributed by atoms with Crippen LogP contribution in [-0.4, -0.2) is 65.1 Å². The van der Waals surface area contributed by atoms with Crippen LogP contribution in [0.5, 0.6) is 0 Å². The molecule has 1 aromatic heterocycles. The first kappa shape index (κ1) is 14.7. The Bertz CT molecular complexity index is 700. The number of fused-ring (bicyclic) bond motifs is 4. The maximum atomic E-state index is 13.0. The van der Waals surface area contributed by atoms with Crippen molar-refractivity contribution in [2.75, 3.05) is 44.6 Å². The quantitative estimate of drug-likeness (QED) is 0.933. The monoisotopic (exact) mass is 319 g/mol. The highest BCUT2D eigenvalue weighted by molar-refractivity contribution is 5.89. The van der Waals surface area contributed by atoms with Gasteiger partial charge in [0, 0.05) is 50.7 Å². The molecule has 7 heteroatoms. The molecule has 0 spiro atoms. The molecule has 0 amide bonds. The number of aromatic nitrogens is 2. The van der Waals surface area contributed by atoms with E-state index < -0.39 is 12.2 Å². The van der Waals surface area contributed by atoms with Gasteiger partial charge in [0.05, 0.1) is 5.52 Å². The fraction of sp³-hybridized carbons (Fsp3) is 0.500. The van der Waals surface area contributed by atoms with E-state index in [0.29, 0.717) is 23.9 Å². The van der Waals surface area contributed by atoms with Gasteiger partial charge in [-0.15, -0.1) is 0 Å². The third kappa shape index (κ3) is 2.86. The van der Waals surface area contributed by atoms with E-state index in [-0.39, 0.29) is 0 Å². The maximum absolute atomic E-state index is 13.0. The Labute approximate surface area is 133 Å². The lowest BCUT2D eigenvalue weighted by Crippen LogP contribution is -2.62. The van der Waals surface area contributed by atoms with Gasteiger partial charge in [-0.25, -0.2) is 18.7 Å². The number of benzene rings is 1. The Morgan fingerprint density at radius 1 is 1.13 bits per heavy atom. The lowest BCUT2D eigenvalue weighted by atomic mass is 10.1. The molecule has 1 unspecified atom stereocenters. The first-order chi connectivity index (χ1) is 11.2. The van der Waals surface area contributed by atoms with Gasteiger partial charge in [-0.1, -0.05) is 12.1 Å². The zero-order valence-corrected chi connectivity index (χ0v) is 12.8. The zero-order chi connectivity index (χ0) is 15.8. The molecule has 1 N–H and O–H groups in total. The molecule has 5 nitrogen and oxygen atoms in total. The Hall–Kier alpha value is -1.86. The molecule has 2 bridgehead atoms. The maximum Gasteiger partial charge on any atom is 0.297 e. The lowest BCUT2D eigenvalue weighted by molar-refractivity contribution is 0.0189. The SMILES string of the molecule is FC(F)c1nc(NCC2CN3CCN2CC3)c2ccccc2n1. The second-order valence-electron chi connectivity index (χ2n) is 6.12. The van der Waals surface area contributed by atoms with Crippen molar-refractivity contribution in [3.63, 3.8) is 0 Å². The topological polar surface area (TPSA) is 44.3 Å². The van der Waals surface area contributed by atoms with E-state index in [1.807, 2.05) is 12.1 Å². The van der Waals surface area contributed by atoms with E-state index in [2.05, 4.69) is 25.1 Å². The number of hydrogen-bond donors (Lipinski definition) is 1. The minimum absolute atomic E-state index is 0.404. The highest BCUT2D eigenvalue weighted by atomic mass is 19.3. The van der Waals surface area contributed by atoms with Gasteiger partial charge in [-0.3, -0.25) is 9.80 Å². The van der Waals surface area contributed by atoms with Crippen molar-refractivity contribution in [3.8, 4) is 0 Å². The number of piperazine rings is 3. The van der Waals surface area contributed by atoms with E-state index in [0.717, 1.165) is 38.1 Å². The van der Waals surface area contributed by atoms with Crippen molar-refractivity contribution in [1.82, 2.24) is 19.8 Å². The van der Waals surface area contributed by atoms with Crippen molar-refractivity contribution in [2.24, 2.45) is 0 Å². The smallest absolute Gasteiger partial charge is 0.297 e. The van der Waals surface area contributed by atoms with Crippen molar-refractivity contribution in [2.45, 2.75) is 12.5 Å². The van der Waals surface area contributed by atoms with Crippen molar-refractivity contribution < 1.29 is 8.78 Å². The number of hydrogen-bond acceptors (Lipinski definition) is 5. The molecule has 5 rings (SSSR count). The molecule has 0 saturated carbocycles. The summed E-state index contributed by atoms with van der Waals surface area (Å²) < 4.78 is 26.0. The predicted molar refractivity (Wildman–Crippen MR) is 84.8 cm³/mol. The van der Waals surface area contributed by atoms with E-state index in [1.54, 1.807) is 12.1 Å². The molecule has 3 fully saturated rings. The molecular weight excluding hydrogens is 300 g/mol. The van der Waals surface area contributed by atoms with Crippen LogP contribution in [0.1, 0.15) is 12.2 Å². The summed E-state index contributed by atoms with van der Waals surface area (Å²) in [4.78, 5) is 12.9. The number of para-hydroxylation sites is 1. The number of rotatable bonds is 4. The minimum atomic E-state index is -2.67. The van der Waals surface area contributed by atoms with Crippen LogP contribution >= 0.6 is 0 Å². The number of alkyl halides is 2. The van der Waals surface area contributed by atoms with Gasteiger partial charge < -0.3 is 5.32 Å². The Morgan fingerprint density at radius 3 is 2.61 bits per heavy atom. The molecule has 3 aliphatic rings. The Balaban J connectivity index is 1.58. The first-order valence-corrected chi connectivity index (χ1v) is 7.96. The summed E-state index contributed by atoms with van der Waals surface area (Å²) in [6.45, 7) is 6.15. The van der Waals surface area contributed by atoms with Gasteiger partial charge in [0.25, 0.3) is 6.43 Å². The number of anilines is 1. The summed E-state index contributed by atoms with van der Waals surface area (Å²) in [6, 6.07) is 7.68. The normalized spacial score (nSPS) is 26.8. The molecule has 4 heterocycles. The zero-order valence-electron chi connectivity index (χ0n) is 12.8. The van der Waals surface area contributed by atoms with Crippen molar-refractivity contribution in [1.29, 1.82) is 0 Å². The molecule has 0 radical (unpaired) electrons. The molecule has 3 aliphatic heterocycles. The summed E-state index contributed by atoms with van der Waals surface area (Å²) in [5.74, 6) is 0.0870. The van der Waals surface area contributed by atoms with Gasteiger partial charge in [-0.2, -0.15) is 0 Å². The van der Waals surface area contributed by atoms with Gasteiger partial charge in [0.2, 0.25) is 0 Å². The van der Waals surface area contributed by atoms with Crippen molar-refractivity contribution >= 4 is 16.7 Å². The summed E-state index contributed by atoms with van der Waals surface area (Å²) in [6.07, 6.45) is -2.67. The Kier molecular flexibility index (Phi) is 3.82. The average Bonchev–Trinajstić information content (AvgIpc) is 2.60. The molecule has 122 valence electrons. The van der Waals surface area contributed by atoms with E-state index in [1.165, 1.54) is 0 Å². The molecule has 2 aromatic rings. The van der Waals surface area contributed by atoms with Crippen LogP contribution in [0.15, 0.2) is 24.3 Å². The molecular formula is C16H19F2N5. The second kappa shape index (κ2) is 5.98. The highest BCUT2D eigenvalue weighted by Crippen LogP contribution is 2.25. The largest absolute Gasteiger partial charge is 0.368 e. The van der Waals surface area contributed by atoms with Crippen LogP contribution in [0.3, 0.4) is 0 Å². The average molecular weight is 319 g/mol. The van der Waals surface area contributed by atoms with E-state index in [9.17, 15) is 8.78 Å². The van der Waals surface area contributed by atoms with E-state index >= 15 is 0 Å². The lowest BCUT2D eigenvalue weighted by Gasteiger charge is -2.47. The van der Waals surface area contributed by atoms with Gasteiger partial charge in [0.1, 0.15) is 5.82 Å². The van der Waals surface area contributed by atoms with Gasteiger partial charge in [0.15, 0.2) is 5.82 Å². The van der Waals surface area contributed by atoms with Crippen molar-refractivity contribution in [3.05, 3.63) is 30.1 Å². The molecule has 1 atom stereocenters. The fourth-order valence-corrected chi connectivity index (χ4v) is 3.46. The Morgan fingerprint density at radius 2 is 1.91 bits per heavy atom. The highest BCUT2D eigenvalue weighted by Gasteiger charge is 2.31. The van der Waals surface area contributed by atoms with Crippen LogP contribution in [0, 0.1) is 0 Å². The summed E-state index contributed by atoms with van der Waals surface area (Å²) >= 11 is 0. The van der Waals surface area contributed by atoms with Crippen LogP contribution in [0.2, 0.25) is 0 Å². The molecule has 0 aliphatic carbocycles. The number of nitrogens with zero attached hydrogens (tertiary/aromatic N) is 4. The summed E-state index contributed by atoms with van der Waals surface area (Å²) in [5, 5.41) is 4.07.